The Kier molecular flexibility index (Phi) is 5.89. The number of rotatable bonds is 3. The highest BCUT2D eigenvalue weighted by molar-refractivity contribution is 5.87. The summed E-state index contributed by atoms with van der Waals surface area (Å²) >= 11 is 0. The maximum absolute atomic E-state index is 10.7. The lowest BCUT2D eigenvalue weighted by Crippen LogP contribution is -2.31. The first kappa shape index (κ1) is 14.7. The fourth-order valence-electron chi connectivity index (χ4n) is 2.01. The first-order valence-corrected chi connectivity index (χ1v) is 6.00. The molecule has 2 N–H and O–H groups in total. The Bertz CT molecular complexity index is 408. The van der Waals surface area contributed by atoms with E-state index in [9.17, 15) is 4.79 Å². The lowest BCUT2D eigenvalue weighted by Gasteiger charge is -2.19. The summed E-state index contributed by atoms with van der Waals surface area (Å²) in [4.78, 5) is 10.7. The largest absolute Gasteiger partial charge is 0.478 e. The summed E-state index contributed by atoms with van der Waals surface area (Å²) in [6.45, 7) is 1.09. The molecule has 0 saturated carbocycles. The molecular weight excluding hydrogens is 250 g/mol. The van der Waals surface area contributed by atoms with Crippen molar-refractivity contribution in [2.75, 3.05) is 6.54 Å². The van der Waals surface area contributed by atoms with Crippen LogP contribution >= 0.6 is 12.4 Å². The zero-order valence-electron chi connectivity index (χ0n) is 10.1. The van der Waals surface area contributed by atoms with Crippen molar-refractivity contribution in [3.8, 4) is 0 Å². The van der Waals surface area contributed by atoms with Gasteiger partial charge in [0.1, 0.15) is 0 Å². The molecule has 1 aliphatic heterocycles. The van der Waals surface area contributed by atoms with Crippen LogP contribution in [0, 0.1) is 0 Å². The van der Waals surface area contributed by atoms with E-state index in [1.807, 2.05) is 12.1 Å². The van der Waals surface area contributed by atoms with E-state index in [4.69, 9.17) is 5.11 Å². The Morgan fingerprint density at radius 1 is 1.28 bits per heavy atom. The van der Waals surface area contributed by atoms with Crippen LogP contribution in [0.15, 0.2) is 30.3 Å². The third-order valence-electron chi connectivity index (χ3n) is 3.03. The van der Waals surface area contributed by atoms with Crippen LogP contribution in [0.5, 0.6) is 0 Å². The van der Waals surface area contributed by atoms with Gasteiger partial charge in [-0.15, -0.1) is 12.4 Å². The summed E-state index contributed by atoms with van der Waals surface area (Å²) in [5, 5.41) is 12.2. The molecule has 1 heterocycles. The van der Waals surface area contributed by atoms with Gasteiger partial charge in [0.2, 0.25) is 0 Å². The topological polar surface area (TPSA) is 49.3 Å². The molecule has 1 aromatic rings. The highest BCUT2D eigenvalue weighted by Gasteiger charge is 2.08. The molecule has 1 unspecified atom stereocenters. The monoisotopic (exact) mass is 267 g/mol. The number of benzene rings is 1. The van der Waals surface area contributed by atoms with Gasteiger partial charge in [-0.25, -0.2) is 4.79 Å². The molecule has 1 fully saturated rings. The van der Waals surface area contributed by atoms with E-state index >= 15 is 0 Å². The van der Waals surface area contributed by atoms with Crippen molar-refractivity contribution >= 4 is 24.5 Å². The molecule has 0 spiro atoms. The second kappa shape index (κ2) is 7.19. The van der Waals surface area contributed by atoms with Crippen LogP contribution in [0.3, 0.4) is 0 Å². The third kappa shape index (κ3) is 4.17. The minimum Gasteiger partial charge on any atom is -0.478 e. The van der Waals surface area contributed by atoms with Crippen molar-refractivity contribution in [3.05, 3.63) is 41.5 Å². The van der Waals surface area contributed by atoms with Crippen molar-refractivity contribution in [1.82, 2.24) is 5.32 Å². The Hall–Kier alpha value is -1.32. The predicted octanol–water partition coefficient (Wildman–Crippen LogP) is 2.96. The summed E-state index contributed by atoms with van der Waals surface area (Å²) in [6, 6.07) is 7.40. The molecule has 2 rings (SSSR count). The van der Waals surface area contributed by atoms with E-state index in [0.29, 0.717) is 11.6 Å². The highest BCUT2D eigenvalue weighted by Crippen LogP contribution is 2.11. The van der Waals surface area contributed by atoms with Crippen LogP contribution in [0.1, 0.15) is 35.2 Å². The maximum Gasteiger partial charge on any atom is 0.335 e. The SMILES string of the molecule is Cl.O=C(O)c1ccc(/C=C/C2CCCCN2)cc1. The number of carboxylic acids is 1. The van der Waals surface area contributed by atoms with E-state index in [1.54, 1.807) is 12.1 Å². The van der Waals surface area contributed by atoms with Gasteiger partial charge >= 0.3 is 5.97 Å². The zero-order chi connectivity index (χ0) is 12.1. The summed E-state index contributed by atoms with van der Waals surface area (Å²) in [5.41, 5.74) is 1.38. The molecule has 3 nitrogen and oxygen atoms in total. The Balaban J connectivity index is 0.00000162. The summed E-state index contributed by atoms with van der Waals surface area (Å²) in [5.74, 6) is -0.880. The molecule has 0 aromatic heterocycles. The van der Waals surface area contributed by atoms with Crippen LogP contribution < -0.4 is 5.32 Å². The molecule has 0 aliphatic carbocycles. The lowest BCUT2D eigenvalue weighted by molar-refractivity contribution is 0.0697. The zero-order valence-corrected chi connectivity index (χ0v) is 11.0. The van der Waals surface area contributed by atoms with Crippen molar-refractivity contribution in [2.45, 2.75) is 25.3 Å². The first-order chi connectivity index (χ1) is 8.25. The average Bonchev–Trinajstić information content (AvgIpc) is 2.38. The standard InChI is InChI=1S/C14H17NO2.ClH/c16-14(17)12-7-4-11(5-8-12)6-9-13-3-1-2-10-15-13;/h4-9,13,15H,1-3,10H2,(H,16,17);1H/b9-6+;. The molecule has 1 aliphatic rings. The summed E-state index contributed by atoms with van der Waals surface area (Å²) in [6.07, 6.45) is 7.94. The quantitative estimate of drug-likeness (QED) is 0.885. The smallest absolute Gasteiger partial charge is 0.335 e. The fourth-order valence-corrected chi connectivity index (χ4v) is 2.01. The maximum atomic E-state index is 10.7. The highest BCUT2D eigenvalue weighted by atomic mass is 35.5. The van der Waals surface area contributed by atoms with Gasteiger partial charge in [0, 0.05) is 6.04 Å². The molecular formula is C14H18ClNO2. The van der Waals surface area contributed by atoms with Gasteiger partial charge in [-0.3, -0.25) is 0 Å². The number of aromatic carboxylic acids is 1. The van der Waals surface area contributed by atoms with Crippen LogP contribution in [-0.4, -0.2) is 23.7 Å². The number of piperidine rings is 1. The number of hydrogen-bond donors (Lipinski definition) is 2. The average molecular weight is 268 g/mol. The molecule has 1 aromatic carbocycles. The van der Waals surface area contributed by atoms with Gasteiger partial charge in [0.05, 0.1) is 5.56 Å². The normalized spacial score (nSPS) is 19.4. The number of hydrogen-bond acceptors (Lipinski definition) is 2. The van der Waals surface area contributed by atoms with E-state index in [0.717, 1.165) is 12.1 Å². The number of nitrogens with one attached hydrogen (secondary N) is 1. The molecule has 4 heteroatoms. The van der Waals surface area contributed by atoms with Crippen molar-refractivity contribution in [3.63, 3.8) is 0 Å². The van der Waals surface area contributed by atoms with Crippen molar-refractivity contribution in [1.29, 1.82) is 0 Å². The van der Waals surface area contributed by atoms with Crippen molar-refractivity contribution in [2.24, 2.45) is 0 Å². The fraction of sp³-hybridized carbons (Fsp3) is 0.357. The van der Waals surface area contributed by atoms with Gasteiger partial charge in [0.25, 0.3) is 0 Å². The molecule has 1 saturated heterocycles. The molecule has 18 heavy (non-hydrogen) atoms. The minimum absolute atomic E-state index is 0. The van der Waals surface area contributed by atoms with Gasteiger partial charge in [0.15, 0.2) is 0 Å². The Morgan fingerprint density at radius 2 is 2.00 bits per heavy atom. The number of halogens is 1. The second-order valence-electron chi connectivity index (χ2n) is 4.34. The summed E-state index contributed by atoms with van der Waals surface area (Å²) < 4.78 is 0. The number of carbonyl (C=O) groups is 1. The van der Waals surface area contributed by atoms with Gasteiger partial charge in [-0.2, -0.15) is 0 Å². The third-order valence-corrected chi connectivity index (χ3v) is 3.03. The van der Waals surface area contributed by atoms with Gasteiger partial charge < -0.3 is 10.4 Å². The molecule has 0 bridgehead atoms. The van der Waals surface area contributed by atoms with E-state index in [1.165, 1.54) is 19.3 Å². The summed E-state index contributed by atoms with van der Waals surface area (Å²) in [7, 11) is 0. The van der Waals surface area contributed by atoms with Crippen molar-refractivity contribution < 1.29 is 9.90 Å². The second-order valence-corrected chi connectivity index (χ2v) is 4.34. The van der Waals surface area contributed by atoms with E-state index in [2.05, 4.69) is 17.5 Å². The van der Waals surface area contributed by atoms with Crippen LogP contribution in [0.25, 0.3) is 6.08 Å². The molecule has 0 radical (unpaired) electrons. The molecule has 0 amide bonds. The van der Waals surface area contributed by atoms with E-state index < -0.39 is 5.97 Å². The Morgan fingerprint density at radius 3 is 2.56 bits per heavy atom. The van der Waals surface area contributed by atoms with Gasteiger partial charge in [-0.05, 0) is 37.1 Å². The molecule has 1 atom stereocenters. The van der Waals surface area contributed by atoms with Crippen LogP contribution in [-0.2, 0) is 0 Å². The van der Waals surface area contributed by atoms with Crippen LogP contribution in [0.2, 0.25) is 0 Å². The Labute approximate surface area is 113 Å². The van der Waals surface area contributed by atoms with Crippen LogP contribution in [0.4, 0.5) is 0 Å². The molecule has 98 valence electrons. The minimum atomic E-state index is -0.880. The lowest BCUT2D eigenvalue weighted by atomic mass is 10.0. The first-order valence-electron chi connectivity index (χ1n) is 6.00. The van der Waals surface area contributed by atoms with E-state index in [-0.39, 0.29) is 12.4 Å². The predicted molar refractivity (Wildman–Crippen MR) is 75.3 cm³/mol. The number of carboxylic acid groups (broad SMARTS) is 1. The van der Waals surface area contributed by atoms with Gasteiger partial charge in [-0.1, -0.05) is 30.7 Å².